The Hall–Kier alpha value is -2.74. The van der Waals surface area contributed by atoms with Gasteiger partial charge in [-0.15, -0.1) is 0 Å². The second-order valence-corrected chi connectivity index (χ2v) is 11.1. The van der Waals surface area contributed by atoms with Crippen LogP contribution in [0.5, 0.6) is 0 Å². The number of hydrogen-bond donors (Lipinski definition) is 2. The van der Waals surface area contributed by atoms with E-state index in [0.29, 0.717) is 22.4 Å². The van der Waals surface area contributed by atoms with E-state index in [9.17, 15) is 13.2 Å². The zero-order chi connectivity index (χ0) is 22.2. The number of H-pyrrole nitrogens is 1. The zero-order valence-corrected chi connectivity index (χ0v) is 18.9. The van der Waals surface area contributed by atoms with Crippen LogP contribution in [0.1, 0.15) is 63.2 Å². The van der Waals surface area contributed by atoms with Gasteiger partial charge < -0.3 is 10.3 Å². The number of nitrogens with one attached hydrogen (secondary N) is 2. The fourth-order valence-corrected chi connectivity index (χ4v) is 5.28. The first-order valence-corrected chi connectivity index (χ1v) is 12.3. The van der Waals surface area contributed by atoms with Gasteiger partial charge in [-0.25, -0.2) is 18.4 Å². The highest BCUT2D eigenvalue weighted by Gasteiger charge is 2.34. The number of benzene rings is 1. The number of aromatic amines is 1. The number of sulfone groups is 1. The molecule has 1 saturated carbocycles. The molecule has 3 aromatic rings. The summed E-state index contributed by atoms with van der Waals surface area (Å²) in [6.45, 7) is 5.44. The molecule has 0 atom stereocenters. The van der Waals surface area contributed by atoms with Crippen LogP contribution in [0.2, 0.25) is 0 Å². The Labute approximate surface area is 182 Å². The lowest BCUT2D eigenvalue weighted by Crippen LogP contribution is -2.45. The molecule has 1 aliphatic rings. The monoisotopic (exact) mass is 440 g/mol. The van der Waals surface area contributed by atoms with Gasteiger partial charge in [0.05, 0.1) is 27.6 Å². The van der Waals surface area contributed by atoms with Crippen molar-refractivity contribution in [1.82, 2.24) is 20.3 Å². The van der Waals surface area contributed by atoms with Gasteiger partial charge >= 0.3 is 0 Å². The van der Waals surface area contributed by atoms with Crippen LogP contribution in [0.3, 0.4) is 0 Å². The van der Waals surface area contributed by atoms with E-state index in [0.717, 1.165) is 37.7 Å². The number of aromatic nitrogens is 3. The lowest BCUT2D eigenvalue weighted by molar-refractivity contribution is 0.0898. The number of hydrogen-bond acceptors (Lipinski definition) is 5. The number of carbonyl (C=O) groups is 1. The highest BCUT2D eigenvalue weighted by atomic mass is 32.2. The molecule has 7 nitrogen and oxygen atoms in total. The first-order chi connectivity index (χ1) is 14.8. The molecule has 1 aromatic carbocycles. The van der Waals surface area contributed by atoms with Crippen molar-refractivity contribution in [3.8, 4) is 11.3 Å². The second-order valence-electron chi connectivity index (χ2n) is 8.57. The highest BCUT2D eigenvalue weighted by molar-refractivity contribution is 7.92. The third-order valence-electron chi connectivity index (χ3n) is 6.34. The summed E-state index contributed by atoms with van der Waals surface area (Å²) in [4.78, 5) is 25.4. The topological polar surface area (TPSA) is 105 Å². The van der Waals surface area contributed by atoms with Gasteiger partial charge in [0, 0.05) is 17.3 Å². The van der Waals surface area contributed by atoms with Gasteiger partial charge in [-0.1, -0.05) is 31.9 Å². The van der Waals surface area contributed by atoms with E-state index < -0.39 is 15.1 Å². The second kappa shape index (κ2) is 8.07. The standard InChI is InChI=1S/C23H28N4O3S/c1-4-23(11-5-6-12-23)27-22(28)18-13-24-21-20(18)26-19(14-25-21)16-7-9-17(10-8-16)31(29,30)15(2)3/h7-10,13-15H,4-6,11-12H2,1-3H3,(H,24,25)(H,27,28). The van der Waals surface area contributed by atoms with Crippen molar-refractivity contribution in [3.05, 3.63) is 42.2 Å². The van der Waals surface area contributed by atoms with E-state index in [1.807, 2.05) is 0 Å². The predicted molar refractivity (Wildman–Crippen MR) is 121 cm³/mol. The summed E-state index contributed by atoms with van der Waals surface area (Å²) in [6, 6.07) is 6.63. The highest BCUT2D eigenvalue weighted by Crippen LogP contribution is 2.33. The SMILES string of the molecule is CCC1(NC(=O)c2c[nH]c3ncc(-c4ccc(S(=O)(=O)C(C)C)cc4)nc23)CCCC1. The molecule has 0 bridgehead atoms. The zero-order valence-electron chi connectivity index (χ0n) is 18.1. The average Bonchev–Trinajstić information content (AvgIpc) is 3.40. The van der Waals surface area contributed by atoms with Crippen LogP contribution in [-0.2, 0) is 9.84 Å². The van der Waals surface area contributed by atoms with Crippen molar-refractivity contribution in [2.75, 3.05) is 0 Å². The first-order valence-electron chi connectivity index (χ1n) is 10.8. The minimum atomic E-state index is -3.33. The summed E-state index contributed by atoms with van der Waals surface area (Å²) >= 11 is 0. The van der Waals surface area contributed by atoms with Crippen LogP contribution in [0, 0.1) is 0 Å². The molecular formula is C23H28N4O3S. The molecule has 2 heterocycles. The Balaban J connectivity index is 1.65. The van der Waals surface area contributed by atoms with Crippen molar-refractivity contribution < 1.29 is 13.2 Å². The molecule has 0 spiro atoms. The van der Waals surface area contributed by atoms with Gasteiger partial charge in [0.2, 0.25) is 0 Å². The Morgan fingerprint density at radius 2 is 1.87 bits per heavy atom. The molecule has 0 saturated heterocycles. The van der Waals surface area contributed by atoms with Crippen LogP contribution in [0.4, 0.5) is 0 Å². The Morgan fingerprint density at radius 3 is 2.48 bits per heavy atom. The first kappa shape index (κ1) is 21.5. The van der Waals surface area contributed by atoms with E-state index in [1.54, 1.807) is 50.5 Å². The lowest BCUT2D eigenvalue weighted by atomic mass is 9.94. The molecule has 1 aliphatic carbocycles. The van der Waals surface area contributed by atoms with E-state index in [4.69, 9.17) is 0 Å². The van der Waals surface area contributed by atoms with E-state index in [-0.39, 0.29) is 16.3 Å². The molecular weight excluding hydrogens is 412 g/mol. The van der Waals surface area contributed by atoms with Crippen molar-refractivity contribution in [1.29, 1.82) is 0 Å². The molecule has 1 amide bonds. The van der Waals surface area contributed by atoms with Gasteiger partial charge in [0.15, 0.2) is 15.5 Å². The van der Waals surface area contributed by atoms with Gasteiger partial charge in [0.1, 0.15) is 5.52 Å². The van der Waals surface area contributed by atoms with Crippen LogP contribution >= 0.6 is 0 Å². The molecule has 8 heteroatoms. The third-order valence-corrected chi connectivity index (χ3v) is 8.51. The van der Waals surface area contributed by atoms with Crippen molar-refractivity contribution in [2.24, 2.45) is 0 Å². The maximum atomic E-state index is 13.0. The summed E-state index contributed by atoms with van der Waals surface area (Å²) in [5.41, 5.74) is 2.72. The molecule has 2 N–H and O–H groups in total. The predicted octanol–water partition coefficient (Wildman–Crippen LogP) is 4.26. The van der Waals surface area contributed by atoms with Gasteiger partial charge in [-0.3, -0.25) is 4.79 Å². The van der Waals surface area contributed by atoms with Crippen molar-refractivity contribution >= 4 is 26.9 Å². The smallest absolute Gasteiger partial charge is 0.255 e. The Kier molecular flexibility index (Phi) is 5.60. The minimum Gasteiger partial charge on any atom is -0.346 e. The summed E-state index contributed by atoms with van der Waals surface area (Å²) in [7, 11) is -3.33. The number of amides is 1. The van der Waals surface area contributed by atoms with Crippen molar-refractivity contribution in [3.63, 3.8) is 0 Å². The molecule has 0 unspecified atom stereocenters. The van der Waals surface area contributed by atoms with Crippen LogP contribution in [0.25, 0.3) is 22.4 Å². The van der Waals surface area contributed by atoms with Crippen molar-refractivity contribution in [2.45, 2.75) is 68.6 Å². The quantitative estimate of drug-likeness (QED) is 0.596. The van der Waals surface area contributed by atoms with E-state index >= 15 is 0 Å². The Bertz CT molecular complexity index is 1210. The number of carbonyl (C=O) groups excluding carboxylic acids is 1. The lowest BCUT2D eigenvalue weighted by Gasteiger charge is -2.28. The molecule has 4 rings (SSSR count). The number of nitrogens with zero attached hydrogens (tertiary/aromatic N) is 2. The summed E-state index contributed by atoms with van der Waals surface area (Å²) in [5.74, 6) is -0.139. The summed E-state index contributed by atoms with van der Waals surface area (Å²) < 4.78 is 24.7. The molecule has 1 fully saturated rings. The fraction of sp³-hybridized carbons (Fsp3) is 0.435. The minimum absolute atomic E-state index is 0.135. The molecule has 2 aromatic heterocycles. The molecule has 164 valence electrons. The third kappa shape index (κ3) is 3.96. The maximum absolute atomic E-state index is 13.0. The maximum Gasteiger partial charge on any atom is 0.255 e. The largest absolute Gasteiger partial charge is 0.346 e. The van der Waals surface area contributed by atoms with Crippen LogP contribution in [0.15, 0.2) is 41.6 Å². The van der Waals surface area contributed by atoms with E-state index in [1.165, 1.54) is 0 Å². The molecule has 31 heavy (non-hydrogen) atoms. The summed E-state index contributed by atoms with van der Waals surface area (Å²) in [6.07, 6.45) is 8.45. The van der Waals surface area contributed by atoms with Gasteiger partial charge in [-0.2, -0.15) is 0 Å². The Morgan fingerprint density at radius 1 is 1.19 bits per heavy atom. The molecule has 0 aliphatic heterocycles. The summed E-state index contributed by atoms with van der Waals surface area (Å²) in [5, 5.41) is 2.75. The van der Waals surface area contributed by atoms with Gasteiger partial charge in [0.25, 0.3) is 5.91 Å². The van der Waals surface area contributed by atoms with E-state index in [2.05, 4.69) is 27.2 Å². The molecule has 0 radical (unpaired) electrons. The number of fused-ring (bicyclic) bond motifs is 1. The van der Waals surface area contributed by atoms with Crippen LogP contribution < -0.4 is 5.32 Å². The average molecular weight is 441 g/mol. The number of rotatable bonds is 6. The van der Waals surface area contributed by atoms with Crippen LogP contribution in [-0.4, -0.2) is 40.1 Å². The normalized spacial score (nSPS) is 16.1. The van der Waals surface area contributed by atoms with Gasteiger partial charge in [-0.05, 0) is 45.2 Å². The fourth-order valence-electron chi connectivity index (χ4n) is 4.22.